The Hall–Kier alpha value is -3.75. The van der Waals surface area contributed by atoms with Crippen molar-refractivity contribution < 1.29 is 43.7 Å². The molecule has 3 aliphatic rings. The van der Waals surface area contributed by atoms with Crippen LogP contribution in [0.3, 0.4) is 0 Å². The van der Waals surface area contributed by atoms with Crippen molar-refractivity contribution in [2.75, 3.05) is 45.9 Å². The first-order valence-electron chi connectivity index (χ1n) is 15.8. The van der Waals surface area contributed by atoms with Crippen molar-refractivity contribution in [2.45, 2.75) is 75.7 Å². The van der Waals surface area contributed by atoms with Gasteiger partial charge in [-0.05, 0) is 37.2 Å². The number of likely N-dealkylation sites (tertiary alicyclic amines) is 1. The minimum atomic E-state index is -1.44. The van der Waals surface area contributed by atoms with Gasteiger partial charge in [0, 0.05) is 45.2 Å². The number of fused-ring (bicyclic) bond motifs is 1. The molecule has 5 N–H and O–H groups in total. The van der Waals surface area contributed by atoms with Gasteiger partial charge in [0.15, 0.2) is 0 Å². The highest BCUT2D eigenvalue weighted by Crippen LogP contribution is 2.40. The van der Waals surface area contributed by atoms with Gasteiger partial charge in [-0.15, -0.1) is 0 Å². The second kappa shape index (κ2) is 17.1. The number of amides is 3. The molecule has 0 radical (unpaired) electrons. The summed E-state index contributed by atoms with van der Waals surface area (Å²) < 4.78 is 11.0. The zero-order chi connectivity index (χ0) is 32.2. The lowest BCUT2D eigenvalue weighted by atomic mass is 9.84. The zero-order valence-corrected chi connectivity index (χ0v) is 25.5. The zero-order valence-electron chi connectivity index (χ0n) is 25.5. The number of carbonyl (C=O) groups excluding carboxylic acids is 3. The Bertz CT molecular complexity index is 1160. The van der Waals surface area contributed by atoms with Crippen molar-refractivity contribution >= 4 is 29.8 Å². The summed E-state index contributed by atoms with van der Waals surface area (Å²) in [5, 5.41) is 27.8. The second-order valence-corrected chi connectivity index (χ2v) is 11.9. The molecule has 3 amide bonds. The van der Waals surface area contributed by atoms with E-state index in [-0.39, 0.29) is 38.0 Å². The van der Waals surface area contributed by atoms with Gasteiger partial charge in [0.05, 0.1) is 13.2 Å². The lowest BCUT2D eigenvalue weighted by molar-refractivity contribution is -0.150. The molecule has 0 aromatic heterocycles. The van der Waals surface area contributed by atoms with Crippen LogP contribution >= 0.6 is 0 Å². The van der Waals surface area contributed by atoms with E-state index in [1.165, 1.54) is 4.90 Å². The van der Waals surface area contributed by atoms with Gasteiger partial charge in [-0.3, -0.25) is 14.5 Å². The van der Waals surface area contributed by atoms with Crippen LogP contribution in [0.15, 0.2) is 30.3 Å². The standard InChI is InChI=1S/C31H45N5O9/c37-27(36-25-9-5-4-8-22(25)18-26(36)30(41)42)11-10-23(29(39)40)33-28(38)24(20-44-17-16-35-14-12-32-13-15-35)34-31(43)45-19-21-6-2-1-3-7-21/h1-3,6-7,22-26,32H,4-5,8-20H2,(H,33,38)(H,34,43)(H,39,40)(H,41,42). The van der Waals surface area contributed by atoms with Gasteiger partial charge in [-0.1, -0.05) is 43.2 Å². The molecule has 2 saturated heterocycles. The van der Waals surface area contributed by atoms with E-state index in [0.29, 0.717) is 19.6 Å². The third kappa shape index (κ3) is 10.1. The van der Waals surface area contributed by atoms with Gasteiger partial charge in [0.25, 0.3) is 0 Å². The van der Waals surface area contributed by atoms with Crippen LogP contribution in [-0.4, -0.2) is 120 Å². The van der Waals surface area contributed by atoms with Crippen LogP contribution in [0.4, 0.5) is 4.79 Å². The molecule has 5 unspecified atom stereocenters. The number of rotatable bonds is 15. The van der Waals surface area contributed by atoms with E-state index in [9.17, 15) is 34.2 Å². The number of piperazine rings is 1. The summed E-state index contributed by atoms with van der Waals surface area (Å²) in [5.41, 5.74) is 0.749. The minimum absolute atomic E-state index is 0.0274. The van der Waals surface area contributed by atoms with E-state index in [0.717, 1.165) is 57.4 Å². The fourth-order valence-corrected chi connectivity index (χ4v) is 6.39. The van der Waals surface area contributed by atoms with Crippen LogP contribution in [0.2, 0.25) is 0 Å². The highest BCUT2D eigenvalue weighted by Gasteiger charge is 2.47. The van der Waals surface area contributed by atoms with Crippen LogP contribution in [-0.2, 0) is 35.3 Å². The number of hydrogen-bond acceptors (Lipinski definition) is 9. The number of carboxylic acid groups (broad SMARTS) is 2. The lowest BCUT2D eigenvalue weighted by Crippen LogP contribution is -2.54. The van der Waals surface area contributed by atoms with Crippen molar-refractivity contribution in [3.63, 3.8) is 0 Å². The summed E-state index contributed by atoms with van der Waals surface area (Å²) in [6.07, 6.45) is 2.53. The summed E-state index contributed by atoms with van der Waals surface area (Å²) in [4.78, 5) is 66.8. The van der Waals surface area contributed by atoms with Gasteiger partial charge >= 0.3 is 18.0 Å². The number of nitrogens with zero attached hydrogens (tertiary/aromatic N) is 2. The maximum atomic E-state index is 13.3. The average molecular weight is 632 g/mol. The molecule has 1 aliphatic carbocycles. The van der Waals surface area contributed by atoms with E-state index < -0.39 is 48.0 Å². The lowest BCUT2D eigenvalue weighted by Gasteiger charge is -2.33. The predicted octanol–water partition coefficient (Wildman–Crippen LogP) is 0.797. The normalized spacial score (nSPS) is 22.9. The maximum Gasteiger partial charge on any atom is 0.408 e. The molecule has 45 heavy (non-hydrogen) atoms. The number of nitrogens with one attached hydrogen (secondary N) is 3. The van der Waals surface area contributed by atoms with Crippen LogP contribution in [0.25, 0.3) is 0 Å². The van der Waals surface area contributed by atoms with Crippen molar-refractivity contribution in [1.29, 1.82) is 0 Å². The summed E-state index contributed by atoms with van der Waals surface area (Å²) >= 11 is 0. The van der Waals surface area contributed by atoms with Crippen LogP contribution in [0, 0.1) is 5.92 Å². The molecule has 0 bridgehead atoms. The topological polar surface area (TPSA) is 187 Å². The Kier molecular flexibility index (Phi) is 13.0. The Morgan fingerprint density at radius 1 is 0.978 bits per heavy atom. The van der Waals surface area contributed by atoms with Crippen LogP contribution in [0.5, 0.6) is 0 Å². The molecule has 248 valence electrons. The molecular weight excluding hydrogens is 586 g/mol. The number of carbonyl (C=O) groups is 5. The molecule has 14 nitrogen and oxygen atoms in total. The highest BCUT2D eigenvalue weighted by atomic mass is 16.5. The van der Waals surface area contributed by atoms with Crippen molar-refractivity contribution in [3.05, 3.63) is 35.9 Å². The smallest absolute Gasteiger partial charge is 0.408 e. The Balaban J connectivity index is 1.34. The van der Waals surface area contributed by atoms with E-state index in [1.54, 1.807) is 24.3 Å². The summed E-state index contributed by atoms with van der Waals surface area (Å²) in [7, 11) is 0. The Morgan fingerprint density at radius 3 is 2.42 bits per heavy atom. The largest absolute Gasteiger partial charge is 0.480 e. The molecule has 2 aliphatic heterocycles. The van der Waals surface area contributed by atoms with E-state index in [4.69, 9.17) is 9.47 Å². The van der Waals surface area contributed by atoms with Crippen molar-refractivity contribution in [2.24, 2.45) is 5.92 Å². The second-order valence-electron chi connectivity index (χ2n) is 11.9. The molecular formula is C31H45N5O9. The van der Waals surface area contributed by atoms with Gasteiger partial charge in [0.2, 0.25) is 11.8 Å². The van der Waals surface area contributed by atoms with Crippen LogP contribution in [0.1, 0.15) is 50.5 Å². The van der Waals surface area contributed by atoms with Gasteiger partial charge in [-0.25, -0.2) is 14.4 Å². The molecule has 4 rings (SSSR count). The maximum absolute atomic E-state index is 13.3. The third-order valence-corrected chi connectivity index (χ3v) is 8.79. The molecule has 14 heteroatoms. The van der Waals surface area contributed by atoms with Gasteiger partial charge < -0.3 is 40.5 Å². The van der Waals surface area contributed by atoms with Gasteiger partial charge in [0.1, 0.15) is 24.7 Å². The number of hydrogen-bond donors (Lipinski definition) is 5. The minimum Gasteiger partial charge on any atom is -0.480 e. The van der Waals surface area contributed by atoms with Crippen LogP contribution < -0.4 is 16.0 Å². The first-order valence-corrected chi connectivity index (χ1v) is 15.8. The summed E-state index contributed by atoms with van der Waals surface area (Å²) in [5.74, 6) is -3.53. The monoisotopic (exact) mass is 631 g/mol. The molecule has 1 aromatic rings. The molecule has 0 spiro atoms. The predicted molar refractivity (Wildman–Crippen MR) is 161 cm³/mol. The summed E-state index contributed by atoms with van der Waals surface area (Å²) in [6, 6.07) is 5.19. The van der Waals surface area contributed by atoms with E-state index in [2.05, 4.69) is 20.9 Å². The average Bonchev–Trinajstić information content (AvgIpc) is 3.44. The number of carboxylic acids is 2. The third-order valence-electron chi connectivity index (χ3n) is 8.79. The van der Waals surface area contributed by atoms with Crippen molar-refractivity contribution in [1.82, 2.24) is 25.8 Å². The molecule has 1 aromatic carbocycles. The fourth-order valence-electron chi connectivity index (χ4n) is 6.39. The Labute approximate surface area is 262 Å². The SMILES string of the molecule is O=C(NC(COCCN1CCNCC1)C(=O)NC(CCC(=O)N1C(C(=O)O)CC2CCCCC21)C(=O)O)OCc1ccccc1. The quantitative estimate of drug-likeness (QED) is 0.172. The highest BCUT2D eigenvalue weighted by molar-refractivity contribution is 5.90. The summed E-state index contributed by atoms with van der Waals surface area (Å²) in [6.45, 7) is 4.14. The van der Waals surface area contributed by atoms with E-state index in [1.807, 2.05) is 6.07 Å². The van der Waals surface area contributed by atoms with Crippen molar-refractivity contribution in [3.8, 4) is 0 Å². The molecule has 5 atom stereocenters. The molecule has 1 saturated carbocycles. The number of alkyl carbamates (subject to hydrolysis) is 1. The fraction of sp³-hybridized carbons (Fsp3) is 0.645. The van der Waals surface area contributed by atoms with Gasteiger partial charge in [-0.2, -0.15) is 0 Å². The Morgan fingerprint density at radius 2 is 1.71 bits per heavy atom. The first kappa shape index (κ1) is 34.1. The molecule has 3 fully saturated rings. The number of benzene rings is 1. The number of aliphatic carboxylic acids is 2. The molecule has 2 heterocycles. The number of ether oxygens (including phenoxy) is 2. The first-order chi connectivity index (χ1) is 21.7. The van der Waals surface area contributed by atoms with E-state index >= 15 is 0 Å².